The van der Waals surface area contributed by atoms with Gasteiger partial charge in [-0.3, -0.25) is 4.98 Å². The lowest BCUT2D eigenvalue weighted by Gasteiger charge is -2.20. The summed E-state index contributed by atoms with van der Waals surface area (Å²) < 4.78 is 0. The number of hydrogen-bond donors (Lipinski definition) is 1. The summed E-state index contributed by atoms with van der Waals surface area (Å²) in [5, 5.41) is 3.36. The van der Waals surface area contributed by atoms with Gasteiger partial charge in [-0.1, -0.05) is 26.3 Å². The molecular weight excluding hydrogens is 184 g/mol. The van der Waals surface area contributed by atoms with Crippen LogP contribution >= 0.6 is 0 Å². The zero-order chi connectivity index (χ0) is 11.3. The van der Waals surface area contributed by atoms with Crippen molar-refractivity contribution in [1.82, 2.24) is 10.3 Å². The normalized spacial score (nSPS) is 14.9. The van der Waals surface area contributed by atoms with E-state index in [9.17, 15) is 0 Å². The summed E-state index contributed by atoms with van der Waals surface area (Å²) in [6, 6.07) is 4.51. The van der Waals surface area contributed by atoms with E-state index in [0.29, 0.717) is 6.04 Å². The molecule has 84 valence electrons. The Bertz CT molecular complexity index is 296. The summed E-state index contributed by atoms with van der Waals surface area (Å²) in [6.07, 6.45) is 4.26. The largest absolute Gasteiger partial charge is 0.312 e. The molecule has 0 radical (unpaired) electrons. The van der Waals surface area contributed by atoms with E-state index in [1.807, 2.05) is 19.3 Å². The minimum absolute atomic E-state index is 0.390. The standard InChI is InChI=1S/C13H22N2/c1-5-10(2)9-12(14-4)13-11(3)7-6-8-15-13/h6-8,10,12,14H,5,9H2,1-4H3. The van der Waals surface area contributed by atoms with Crippen molar-refractivity contribution in [1.29, 1.82) is 0 Å². The molecule has 2 atom stereocenters. The first-order valence-electron chi connectivity index (χ1n) is 5.77. The molecule has 0 saturated heterocycles. The van der Waals surface area contributed by atoms with Crippen LogP contribution in [0.1, 0.15) is 44.0 Å². The van der Waals surface area contributed by atoms with Crippen LogP contribution in [0.4, 0.5) is 0 Å². The third-order valence-electron chi connectivity index (χ3n) is 3.06. The van der Waals surface area contributed by atoms with Crippen molar-refractivity contribution >= 4 is 0 Å². The van der Waals surface area contributed by atoms with Gasteiger partial charge in [0.1, 0.15) is 0 Å². The highest BCUT2D eigenvalue weighted by atomic mass is 14.9. The summed E-state index contributed by atoms with van der Waals surface area (Å²) in [5.41, 5.74) is 2.47. The van der Waals surface area contributed by atoms with E-state index in [1.54, 1.807) is 0 Å². The lowest BCUT2D eigenvalue weighted by atomic mass is 9.95. The van der Waals surface area contributed by atoms with Crippen LogP contribution in [0.2, 0.25) is 0 Å². The number of aryl methyl sites for hydroxylation is 1. The maximum Gasteiger partial charge on any atom is 0.0602 e. The molecule has 0 aliphatic rings. The smallest absolute Gasteiger partial charge is 0.0602 e. The van der Waals surface area contributed by atoms with Crippen molar-refractivity contribution in [2.45, 2.75) is 39.7 Å². The third kappa shape index (κ3) is 3.31. The van der Waals surface area contributed by atoms with E-state index in [-0.39, 0.29) is 0 Å². The summed E-state index contributed by atoms with van der Waals surface area (Å²) in [4.78, 5) is 4.47. The molecule has 1 aromatic heterocycles. The number of nitrogens with one attached hydrogen (secondary N) is 1. The second kappa shape index (κ2) is 5.86. The van der Waals surface area contributed by atoms with Crippen molar-refractivity contribution in [2.75, 3.05) is 7.05 Å². The molecule has 1 N–H and O–H groups in total. The van der Waals surface area contributed by atoms with Crippen LogP contribution in [0.3, 0.4) is 0 Å². The fourth-order valence-electron chi connectivity index (χ4n) is 1.80. The molecular formula is C13H22N2. The predicted molar refractivity (Wildman–Crippen MR) is 64.8 cm³/mol. The molecule has 1 aromatic rings. The molecule has 1 rings (SSSR count). The molecule has 0 saturated carbocycles. The number of nitrogens with zero attached hydrogens (tertiary/aromatic N) is 1. The first-order chi connectivity index (χ1) is 7.19. The van der Waals surface area contributed by atoms with Crippen molar-refractivity contribution in [3.8, 4) is 0 Å². The van der Waals surface area contributed by atoms with Crippen molar-refractivity contribution in [3.63, 3.8) is 0 Å². The summed E-state index contributed by atoms with van der Waals surface area (Å²) >= 11 is 0. The highest BCUT2D eigenvalue weighted by Gasteiger charge is 2.15. The number of rotatable bonds is 5. The van der Waals surface area contributed by atoms with Crippen LogP contribution in [0.25, 0.3) is 0 Å². The van der Waals surface area contributed by atoms with Crippen LogP contribution in [0, 0.1) is 12.8 Å². The molecule has 2 heteroatoms. The first-order valence-corrected chi connectivity index (χ1v) is 5.77. The molecule has 15 heavy (non-hydrogen) atoms. The highest BCUT2D eigenvalue weighted by molar-refractivity contribution is 5.21. The van der Waals surface area contributed by atoms with Gasteiger partial charge in [-0.15, -0.1) is 0 Å². The summed E-state index contributed by atoms with van der Waals surface area (Å²) in [7, 11) is 2.02. The van der Waals surface area contributed by atoms with E-state index in [2.05, 4.69) is 37.1 Å². The second-order valence-electron chi connectivity index (χ2n) is 4.30. The van der Waals surface area contributed by atoms with E-state index >= 15 is 0 Å². The van der Waals surface area contributed by atoms with E-state index in [4.69, 9.17) is 0 Å². The average Bonchev–Trinajstić information content (AvgIpc) is 2.26. The second-order valence-corrected chi connectivity index (χ2v) is 4.30. The van der Waals surface area contributed by atoms with Gasteiger partial charge in [0, 0.05) is 12.2 Å². The van der Waals surface area contributed by atoms with E-state index in [1.165, 1.54) is 17.7 Å². The molecule has 2 unspecified atom stereocenters. The van der Waals surface area contributed by atoms with Gasteiger partial charge in [0.2, 0.25) is 0 Å². The lowest BCUT2D eigenvalue weighted by Crippen LogP contribution is -2.21. The molecule has 0 spiro atoms. The monoisotopic (exact) mass is 206 g/mol. The highest BCUT2D eigenvalue weighted by Crippen LogP contribution is 2.23. The Balaban J connectivity index is 2.78. The van der Waals surface area contributed by atoms with Crippen molar-refractivity contribution in [2.24, 2.45) is 5.92 Å². The van der Waals surface area contributed by atoms with Gasteiger partial charge in [0.25, 0.3) is 0 Å². The fourth-order valence-corrected chi connectivity index (χ4v) is 1.80. The minimum Gasteiger partial charge on any atom is -0.312 e. The number of aromatic nitrogens is 1. The minimum atomic E-state index is 0.390. The third-order valence-corrected chi connectivity index (χ3v) is 3.06. The first kappa shape index (κ1) is 12.2. The fraction of sp³-hybridized carbons (Fsp3) is 0.615. The SMILES string of the molecule is CCC(C)CC(NC)c1ncccc1C. The van der Waals surface area contributed by atoms with Crippen LogP contribution in [0.15, 0.2) is 18.3 Å². The Kier molecular flexibility index (Phi) is 4.76. The Hall–Kier alpha value is -0.890. The Morgan fingerprint density at radius 3 is 2.73 bits per heavy atom. The van der Waals surface area contributed by atoms with Crippen LogP contribution in [-0.4, -0.2) is 12.0 Å². The van der Waals surface area contributed by atoms with Gasteiger partial charge in [0.05, 0.1) is 5.69 Å². The number of hydrogen-bond acceptors (Lipinski definition) is 2. The Morgan fingerprint density at radius 2 is 2.20 bits per heavy atom. The predicted octanol–water partition coefficient (Wildman–Crippen LogP) is 3.09. The summed E-state index contributed by atoms with van der Waals surface area (Å²) in [6.45, 7) is 6.66. The molecule has 0 amide bonds. The Morgan fingerprint density at radius 1 is 1.47 bits per heavy atom. The molecule has 0 aliphatic heterocycles. The van der Waals surface area contributed by atoms with Gasteiger partial charge >= 0.3 is 0 Å². The zero-order valence-corrected chi connectivity index (χ0v) is 10.2. The quantitative estimate of drug-likeness (QED) is 0.800. The van der Waals surface area contributed by atoms with Crippen molar-refractivity contribution < 1.29 is 0 Å². The summed E-state index contributed by atoms with van der Waals surface area (Å²) in [5.74, 6) is 0.740. The van der Waals surface area contributed by atoms with E-state index < -0.39 is 0 Å². The molecule has 0 aromatic carbocycles. The molecule has 2 nitrogen and oxygen atoms in total. The van der Waals surface area contributed by atoms with Crippen LogP contribution in [0.5, 0.6) is 0 Å². The van der Waals surface area contributed by atoms with Gasteiger partial charge in [-0.2, -0.15) is 0 Å². The van der Waals surface area contributed by atoms with E-state index in [0.717, 1.165) is 12.3 Å². The van der Waals surface area contributed by atoms with Crippen LogP contribution < -0.4 is 5.32 Å². The van der Waals surface area contributed by atoms with Gasteiger partial charge in [-0.25, -0.2) is 0 Å². The lowest BCUT2D eigenvalue weighted by molar-refractivity contribution is 0.414. The molecule has 1 heterocycles. The average molecular weight is 206 g/mol. The van der Waals surface area contributed by atoms with Gasteiger partial charge in [0.15, 0.2) is 0 Å². The topological polar surface area (TPSA) is 24.9 Å². The van der Waals surface area contributed by atoms with Gasteiger partial charge < -0.3 is 5.32 Å². The molecule has 0 bridgehead atoms. The molecule has 0 fully saturated rings. The maximum atomic E-state index is 4.47. The van der Waals surface area contributed by atoms with Crippen molar-refractivity contribution in [3.05, 3.63) is 29.6 Å². The zero-order valence-electron chi connectivity index (χ0n) is 10.2. The molecule has 0 aliphatic carbocycles. The maximum absolute atomic E-state index is 4.47. The Labute approximate surface area is 93.1 Å². The van der Waals surface area contributed by atoms with Gasteiger partial charge in [-0.05, 0) is 37.9 Å². The number of pyridine rings is 1. The van der Waals surface area contributed by atoms with Crippen LogP contribution in [-0.2, 0) is 0 Å².